The number of carbonyl (C=O) groups excluding carboxylic acids is 1. The molecule has 1 aliphatic heterocycles. The molecule has 1 heterocycles. The molecule has 0 aliphatic carbocycles. The van der Waals surface area contributed by atoms with Gasteiger partial charge in [-0.05, 0) is 28.8 Å². The highest BCUT2D eigenvalue weighted by Crippen LogP contribution is 2.30. The van der Waals surface area contributed by atoms with Crippen LogP contribution in [0, 0.1) is 0 Å². The van der Waals surface area contributed by atoms with Crippen molar-refractivity contribution in [2.45, 2.75) is 18.6 Å². The lowest BCUT2D eigenvalue weighted by Crippen LogP contribution is -2.49. The molecular formula is C26H25NO3. The molecule has 0 radical (unpaired) electrons. The van der Waals surface area contributed by atoms with E-state index < -0.39 is 6.04 Å². The molecule has 4 heteroatoms. The lowest BCUT2D eigenvalue weighted by Gasteiger charge is -2.39. The molecule has 0 unspecified atom stereocenters. The van der Waals surface area contributed by atoms with Gasteiger partial charge in [0.2, 0.25) is 0 Å². The van der Waals surface area contributed by atoms with Crippen LogP contribution in [0.3, 0.4) is 0 Å². The average molecular weight is 399 g/mol. The average Bonchev–Trinajstić information content (AvgIpc) is 2.80. The predicted molar refractivity (Wildman–Crippen MR) is 118 cm³/mol. The number of methoxy groups -OCH3 is 1. The van der Waals surface area contributed by atoms with Gasteiger partial charge in [-0.15, -0.1) is 0 Å². The Hall–Kier alpha value is -3.37. The molecule has 30 heavy (non-hydrogen) atoms. The van der Waals surface area contributed by atoms with Crippen LogP contribution in [0.4, 0.5) is 0 Å². The van der Waals surface area contributed by atoms with E-state index in [4.69, 9.17) is 9.47 Å². The summed E-state index contributed by atoms with van der Waals surface area (Å²) in [6.45, 7) is 1.01. The number of morpholine rings is 1. The molecule has 152 valence electrons. The summed E-state index contributed by atoms with van der Waals surface area (Å²) < 4.78 is 10.8. The van der Waals surface area contributed by atoms with Gasteiger partial charge in [0.15, 0.2) is 0 Å². The van der Waals surface area contributed by atoms with Crippen LogP contribution in [0.15, 0.2) is 91.0 Å². The topological polar surface area (TPSA) is 38.8 Å². The van der Waals surface area contributed by atoms with Gasteiger partial charge in [-0.2, -0.15) is 0 Å². The molecule has 0 aromatic heterocycles. The lowest BCUT2D eigenvalue weighted by atomic mass is 10.00. The van der Waals surface area contributed by atoms with E-state index >= 15 is 0 Å². The third kappa shape index (κ3) is 4.61. The number of hydrogen-bond donors (Lipinski definition) is 0. The summed E-state index contributed by atoms with van der Waals surface area (Å²) in [5, 5.41) is 0. The first-order valence-electron chi connectivity index (χ1n) is 10.1. The number of benzene rings is 3. The maximum atomic E-state index is 12.8. The summed E-state index contributed by atoms with van der Waals surface area (Å²) in [4.78, 5) is 15.0. The molecular weight excluding hydrogens is 374 g/mol. The van der Waals surface area contributed by atoms with E-state index in [0.717, 1.165) is 22.4 Å². The predicted octanol–water partition coefficient (Wildman–Crippen LogP) is 4.88. The van der Waals surface area contributed by atoms with Gasteiger partial charge in [-0.3, -0.25) is 4.90 Å². The Morgan fingerprint density at radius 3 is 2.30 bits per heavy atom. The molecule has 0 saturated carbocycles. The minimum absolute atomic E-state index is 0.00498. The first kappa shape index (κ1) is 19.9. The molecule has 1 fully saturated rings. The summed E-state index contributed by atoms with van der Waals surface area (Å²) in [5.74, 6) is 0.585. The number of cyclic esters (lactones) is 1. The normalized spacial score (nSPS) is 19.6. The fourth-order valence-electron chi connectivity index (χ4n) is 3.74. The fraction of sp³-hybridized carbons (Fsp3) is 0.192. The third-order valence-electron chi connectivity index (χ3n) is 5.36. The Morgan fingerprint density at radius 2 is 1.63 bits per heavy atom. The highest BCUT2D eigenvalue weighted by atomic mass is 16.5. The van der Waals surface area contributed by atoms with Crippen LogP contribution >= 0.6 is 0 Å². The standard InChI is InChI=1S/C26H25NO3/c1-29-23-15-12-20(13-16-23)14-17-24-26(28)30-19-25(22-10-6-3-7-11-22)27(24)18-21-8-4-2-5-9-21/h2-17,24-25H,18-19H2,1H3/b17-14+/t24-,25+/m1/s1. The van der Waals surface area contributed by atoms with Gasteiger partial charge in [0.1, 0.15) is 18.4 Å². The van der Waals surface area contributed by atoms with Crippen molar-refractivity contribution in [2.24, 2.45) is 0 Å². The molecule has 0 N–H and O–H groups in total. The Bertz CT molecular complexity index is 984. The van der Waals surface area contributed by atoms with Crippen LogP contribution in [0.25, 0.3) is 6.08 Å². The molecule has 1 aliphatic rings. The molecule has 0 spiro atoms. The Labute approximate surface area is 177 Å². The van der Waals surface area contributed by atoms with Crippen molar-refractivity contribution in [3.8, 4) is 5.75 Å². The van der Waals surface area contributed by atoms with E-state index in [-0.39, 0.29) is 12.0 Å². The van der Waals surface area contributed by atoms with E-state index in [0.29, 0.717) is 13.2 Å². The van der Waals surface area contributed by atoms with Gasteiger partial charge in [0.05, 0.1) is 13.2 Å². The fourth-order valence-corrected chi connectivity index (χ4v) is 3.74. The van der Waals surface area contributed by atoms with Gasteiger partial charge in [-0.25, -0.2) is 4.79 Å². The van der Waals surface area contributed by atoms with E-state index in [2.05, 4.69) is 29.2 Å². The minimum Gasteiger partial charge on any atom is -0.497 e. The van der Waals surface area contributed by atoms with Crippen molar-refractivity contribution >= 4 is 12.0 Å². The van der Waals surface area contributed by atoms with Crippen molar-refractivity contribution in [3.63, 3.8) is 0 Å². The monoisotopic (exact) mass is 399 g/mol. The zero-order valence-corrected chi connectivity index (χ0v) is 17.0. The summed E-state index contributed by atoms with van der Waals surface area (Å²) in [6, 6.07) is 27.8. The van der Waals surface area contributed by atoms with Crippen LogP contribution in [0.1, 0.15) is 22.7 Å². The summed E-state index contributed by atoms with van der Waals surface area (Å²) in [5.41, 5.74) is 3.31. The SMILES string of the molecule is COc1ccc(/C=C/[C@@H]2C(=O)OC[C@@H](c3ccccc3)N2Cc2ccccc2)cc1. The highest BCUT2D eigenvalue weighted by Gasteiger charge is 2.37. The smallest absolute Gasteiger partial charge is 0.327 e. The molecule has 0 bridgehead atoms. The van der Waals surface area contributed by atoms with Crippen LogP contribution in [0.5, 0.6) is 5.75 Å². The number of carbonyl (C=O) groups is 1. The van der Waals surface area contributed by atoms with Gasteiger partial charge < -0.3 is 9.47 Å². The van der Waals surface area contributed by atoms with Gasteiger partial charge in [0.25, 0.3) is 0 Å². The Kier molecular flexibility index (Phi) is 6.26. The molecule has 4 nitrogen and oxygen atoms in total. The van der Waals surface area contributed by atoms with E-state index in [9.17, 15) is 4.79 Å². The Morgan fingerprint density at radius 1 is 0.967 bits per heavy atom. The maximum absolute atomic E-state index is 12.8. The van der Waals surface area contributed by atoms with Crippen molar-refractivity contribution in [1.82, 2.24) is 4.90 Å². The van der Waals surface area contributed by atoms with Crippen molar-refractivity contribution < 1.29 is 14.3 Å². The number of ether oxygens (including phenoxy) is 2. The molecule has 1 saturated heterocycles. The van der Waals surface area contributed by atoms with Crippen LogP contribution in [0.2, 0.25) is 0 Å². The second kappa shape index (κ2) is 9.42. The third-order valence-corrected chi connectivity index (χ3v) is 5.36. The largest absolute Gasteiger partial charge is 0.497 e. The number of rotatable bonds is 6. The Balaban J connectivity index is 1.65. The van der Waals surface area contributed by atoms with Crippen molar-refractivity contribution in [1.29, 1.82) is 0 Å². The molecule has 2 atom stereocenters. The maximum Gasteiger partial charge on any atom is 0.327 e. The first-order chi connectivity index (χ1) is 14.7. The van der Waals surface area contributed by atoms with Crippen LogP contribution < -0.4 is 4.74 Å². The second-order valence-corrected chi connectivity index (χ2v) is 7.29. The molecule has 0 amide bonds. The molecule has 4 rings (SSSR count). The summed E-state index contributed by atoms with van der Waals surface area (Å²) in [7, 11) is 1.65. The van der Waals surface area contributed by atoms with Gasteiger partial charge in [-0.1, -0.05) is 84.9 Å². The molecule has 3 aromatic carbocycles. The van der Waals surface area contributed by atoms with E-state index in [1.807, 2.05) is 72.8 Å². The number of esters is 1. The number of nitrogens with zero attached hydrogens (tertiary/aromatic N) is 1. The number of hydrogen-bond acceptors (Lipinski definition) is 4. The van der Waals surface area contributed by atoms with Crippen molar-refractivity contribution in [3.05, 3.63) is 108 Å². The first-order valence-corrected chi connectivity index (χ1v) is 10.1. The van der Waals surface area contributed by atoms with Gasteiger partial charge >= 0.3 is 5.97 Å². The quantitative estimate of drug-likeness (QED) is 0.554. The zero-order chi connectivity index (χ0) is 20.8. The van der Waals surface area contributed by atoms with Crippen molar-refractivity contribution in [2.75, 3.05) is 13.7 Å². The summed E-state index contributed by atoms with van der Waals surface area (Å²) >= 11 is 0. The van der Waals surface area contributed by atoms with Crippen LogP contribution in [-0.4, -0.2) is 30.6 Å². The van der Waals surface area contributed by atoms with E-state index in [1.165, 1.54) is 0 Å². The highest BCUT2D eigenvalue weighted by molar-refractivity contribution is 5.80. The van der Waals surface area contributed by atoms with Gasteiger partial charge in [0, 0.05) is 6.54 Å². The second-order valence-electron chi connectivity index (χ2n) is 7.29. The minimum atomic E-state index is -0.466. The van der Waals surface area contributed by atoms with Crippen LogP contribution in [-0.2, 0) is 16.1 Å². The summed E-state index contributed by atoms with van der Waals surface area (Å²) in [6.07, 6.45) is 3.90. The van der Waals surface area contributed by atoms with E-state index in [1.54, 1.807) is 7.11 Å². The lowest BCUT2D eigenvalue weighted by molar-refractivity contribution is -0.160. The molecule has 3 aromatic rings. The zero-order valence-electron chi connectivity index (χ0n) is 17.0.